The van der Waals surface area contributed by atoms with E-state index in [1.807, 2.05) is 0 Å². The highest BCUT2D eigenvalue weighted by Crippen LogP contribution is 2.26. The lowest BCUT2D eigenvalue weighted by Gasteiger charge is -2.27. The molecule has 0 bridgehead atoms. The summed E-state index contributed by atoms with van der Waals surface area (Å²) >= 11 is 0. The predicted octanol–water partition coefficient (Wildman–Crippen LogP) is 1.79. The lowest BCUT2D eigenvalue weighted by Crippen LogP contribution is -2.43. The molecule has 1 aromatic rings. The van der Waals surface area contributed by atoms with Crippen molar-refractivity contribution in [3.63, 3.8) is 0 Å². The molecule has 1 fully saturated rings. The Kier molecular flexibility index (Phi) is 4.08. The average Bonchev–Trinajstić information content (AvgIpc) is 2.31. The van der Waals surface area contributed by atoms with Gasteiger partial charge in [0.2, 0.25) is 0 Å². The molecule has 0 atom stereocenters. The third kappa shape index (κ3) is 3.89. The van der Waals surface area contributed by atoms with Crippen molar-refractivity contribution in [2.24, 2.45) is 0 Å². The summed E-state index contributed by atoms with van der Waals surface area (Å²) in [6.07, 6.45) is -4.66. The van der Waals surface area contributed by atoms with E-state index in [1.54, 1.807) is 12.1 Å². The maximum atomic E-state index is 12.2. The van der Waals surface area contributed by atoms with Crippen LogP contribution in [0.25, 0.3) is 0 Å². The molecule has 0 saturated carbocycles. The van der Waals surface area contributed by atoms with Crippen LogP contribution < -0.4 is 10.1 Å². The van der Waals surface area contributed by atoms with Gasteiger partial charge < -0.3 is 10.1 Å². The number of piperazine rings is 1. The highest BCUT2D eigenvalue weighted by Gasteiger charge is 2.32. The van der Waals surface area contributed by atoms with Gasteiger partial charge in [0.25, 0.3) is 0 Å². The largest absolute Gasteiger partial charge is 0.573 e. The van der Waals surface area contributed by atoms with Gasteiger partial charge in [0.1, 0.15) is 5.75 Å². The number of hydrogen-bond donors (Lipinski definition) is 1. The molecular weight excluding hydrogens is 245 g/mol. The molecule has 1 aliphatic rings. The van der Waals surface area contributed by atoms with Crippen molar-refractivity contribution in [3.8, 4) is 5.75 Å². The summed E-state index contributed by atoms with van der Waals surface area (Å²) < 4.78 is 40.7. The molecule has 1 aromatic carbocycles. The molecule has 1 saturated heterocycles. The lowest BCUT2D eigenvalue weighted by atomic mass is 10.2. The first-order chi connectivity index (χ1) is 8.54. The molecule has 0 unspecified atom stereocenters. The number of halogens is 3. The van der Waals surface area contributed by atoms with E-state index in [9.17, 15) is 13.2 Å². The number of benzene rings is 1. The molecule has 1 radical (unpaired) electrons. The Hall–Kier alpha value is -1.27. The van der Waals surface area contributed by atoms with E-state index in [2.05, 4.69) is 21.0 Å². The third-order valence-corrected chi connectivity index (χ3v) is 2.74. The average molecular weight is 259 g/mol. The van der Waals surface area contributed by atoms with Crippen LogP contribution in [0.4, 0.5) is 13.2 Å². The Labute approximate surface area is 104 Å². The first kappa shape index (κ1) is 13.2. The number of nitrogens with one attached hydrogen (secondary N) is 1. The van der Waals surface area contributed by atoms with E-state index in [4.69, 9.17) is 0 Å². The van der Waals surface area contributed by atoms with Gasteiger partial charge in [0.05, 0.1) is 0 Å². The SMILES string of the molecule is FC(F)(F)Oc1c[c]ccc1CN1CCNCC1. The molecule has 0 spiro atoms. The Morgan fingerprint density at radius 3 is 2.72 bits per heavy atom. The summed E-state index contributed by atoms with van der Waals surface area (Å²) in [6, 6.07) is 7.04. The topological polar surface area (TPSA) is 24.5 Å². The Balaban J connectivity index is 2.06. The lowest BCUT2D eigenvalue weighted by molar-refractivity contribution is -0.275. The van der Waals surface area contributed by atoms with Gasteiger partial charge in [-0.3, -0.25) is 4.90 Å². The summed E-state index contributed by atoms with van der Waals surface area (Å²) in [5.41, 5.74) is 0.535. The van der Waals surface area contributed by atoms with Crippen molar-refractivity contribution in [1.29, 1.82) is 0 Å². The maximum Gasteiger partial charge on any atom is 0.573 e. The fraction of sp³-hybridized carbons (Fsp3) is 0.500. The quantitative estimate of drug-likeness (QED) is 0.895. The van der Waals surface area contributed by atoms with Crippen LogP contribution in [-0.2, 0) is 6.54 Å². The van der Waals surface area contributed by atoms with Crippen LogP contribution in [0.3, 0.4) is 0 Å². The van der Waals surface area contributed by atoms with E-state index < -0.39 is 6.36 Å². The molecule has 1 N–H and O–H groups in total. The Bertz CT molecular complexity index is 389. The number of nitrogens with zero attached hydrogens (tertiary/aromatic N) is 1. The molecule has 0 aromatic heterocycles. The van der Waals surface area contributed by atoms with Gasteiger partial charge in [-0.15, -0.1) is 13.2 Å². The summed E-state index contributed by atoms with van der Waals surface area (Å²) in [4.78, 5) is 2.09. The normalized spacial score (nSPS) is 17.7. The van der Waals surface area contributed by atoms with Crippen molar-refractivity contribution in [1.82, 2.24) is 10.2 Å². The zero-order valence-corrected chi connectivity index (χ0v) is 9.76. The molecule has 0 amide bonds. The third-order valence-electron chi connectivity index (χ3n) is 2.74. The van der Waals surface area contributed by atoms with Crippen molar-refractivity contribution in [2.75, 3.05) is 26.2 Å². The molecule has 1 heterocycles. The number of ether oxygens (including phenoxy) is 1. The summed E-state index contributed by atoms with van der Waals surface area (Å²) in [5, 5.41) is 3.19. The highest BCUT2D eigenvalue weighted by molar-refractivity contribution is 5.32. The van der Waals surface area contributed by atoms with E-state index in [1.165, 1.54) is 6.07 Å². The van der Waals surface area contributed by atoms with Crippen LogP contribution in [0.1, 0.15) is 5.56 Å². The molecular formula is C12H14F3N2O. The van der Waals surface area contributed by atoms with E-state index in [-0.39, 0.29) is 5.75 Å². The van der Waals surface area contributed by atoms with Crippen molar-refractivity contribution in [2.45, 2.75) is 12.9 Å². The molecule has 18 heavy (non-hydrogen) atoms. The van der Waals surface area contributed by atoms with Crippen LogP contribution in [0.2, 0.25) is 0 Å². The van der Waals surface area contributed by atoms with Gasteiger partial charge in [-0.05, 0) is 12.1 Å². The predicted molar refractivity (Wildman–Crippen MR) is 60.1 cm³/mol. The summed E-state index contributed by atoms with van der Waals surface area (Å²) in [7, 11) is 0. The van der Waals surface area contributed by atoms with Gasteiger partial charge in [0.15, 0.2) is 0 Å². The van der Waals surface area contributed by atoms with Crippen LogP contribution >= 0.6 is 0 Å². The minimum atomic E-state index is -4.66. The fourth-order valence-corrected chi connectivity index (χ4v) is 1.91. The van der Waals surface area contributed by atoms with Crippen LogP contribution in [0, 0.1) is 6.07 Å². The summed E-state index contributed by atoms with van der Waals surface area (Å²) in [6.45, 7) is 3.82. The first-order valence-corrected chi connectivity index (χ1v) is 5.72. The molecule has 3 nitrogen and oxygen atoms in total. The number of hydrogen-bond acceptors (Lipinski definition) is 3. The van der Waals surface area contributed by atoms with Crippen molar-refractivity contribution >= 4 is 0 Å². The molecule has 0 aliphatic carbocycles. The smallest absolute Gasteiger partial charge is 0.405 e. The second kappa shape index (κ2) is 5.58. The Morgan fingerprint density at radius 2 is 2.06 bits per heavy atom. The molecule has 2 rings (SSSR count). The zero-order valence-electron chi connectivity index (χ0n) is 9.76. The van der Waals surface area contributed by atoms with E-state index in [0.717, 1.165) is 26.2 Å². The standard InChI is InChI=1S/C12H14F3N2O/c13-12(14,15)18-11-4-2-1-3-10(11)9-17-7-5-16-6-8-17/h1,3-4,16H,5-9H2. The Morgan fingerprint density at radius 1 is 1.33 bits per heavy atom. The van der Waals surface area contributed by atoms with Crippen LogP contribution in [0.5, 0.6) is 5.75 Å². The van der Waals surface area contributed by atoms with E-state index in [0.29, 0.717) is 12.1 Å². The highest BCUT2D eigenvalue weighted by atomic mass is 19.4. The minimum absolute atomic E-state index is 0.163. The molecule has 1 aliphatic heterocycles. The van der Waals surface area contributed by atoms with Gasteiger partial charge in [0, 0.05) is 38.3 Å². The van der Waals surface area contributed by atoms with Crippen molar-refractivity contribution < 1.29 is 17.9 Å². The zero-order chi connectivity index (χ0) is 13.0. The molecule has 99 valence electrons. The summed E-state index contributed by atoms with van der Waals surface area (Å²) in [5.74, 6) is -0.163. The first-order valence-electron chi connectivity index (χ1n) is 5.72. The van der Waals surface area contributed by atoms with Crippen molar-refractivity contribution in [3.05, 3.63) is 29.8 Å². The van der Waals surface area contributed by atoms with Gasteiger partial charge in [-0.25, -0.2) is 0 Å². The fourth-order valence-electron chi connectivity index (χ4n) is 1.91. The maximum absolute atomic E-state index is 12.2. The van der Waals surface area contributed by atoms with E-state index >= 15 is 0 Å². The van der Waals surface area contributed by atoms with Gasteiger partial charge in [-0.2, -0.15) is 0 Å². The number of rotatable bonds is 3. The van der Waals surface area contributed by atoms with Crippen LogP contribution in [0.15, 0.2) is 18.2 Å². The minimum Gasteiger partial charge on any atom is -0.405 e. The second-order valence-corrected chi connectivity index (χ2v) is 4.11. The second-order valence-electron chi connectivity index (χ2n) is 4.11. The van der Waals surface area contributed by atoms with Gasteiger partial charge in [-0.1, -0.05) is 12.1 Å². The molecule has 6 heteroatoms. The monoisotopic (exact) mass is 259 g/mol. The number of alkyl halides is 3. The van der Waals surface area contributed by atoms with Gasteiger partial charge >= 0.3 is 6.36 Å². The van der Waals surface area contributed by atoms with Crippen LogP contribution in [-0.4, -0.2) is 37.4 Å².